The van der Waals surface area contributed by atoms with Gasteiger partial charge in [-0.2, -0.15) is 0 Å². The largest absolute Gasteiger partial charge is 0.454 e. The highest BCUT2D eigenvalue weighted by Crippen LogP contribution is 1.84. The number of methoxy groups -OCH3 is 1. The molecule has 0 aliphatic heterocycles. The van der Waals surface area contributed by atoms with Gasteiger partial charge in [0.05, 0.1) is 7.11 Å². The highest BCUT2D eigenvalue weighted by Gasteiger charge is 1.94. The van der Waals surface area contributed by atoms with Crippen molar-refractivity contribution >= 4 is 12.1 Å². The zero-order chi connectivity index (χ0) is 7.98. The van der Waals surface area contributed by atoms with Gasteiger partial charge in [-0.3, -0.25) is 0 Å². The fraction of sp³-hybridized carbons (Fsp3) is 0.500. The molecule has 56 valence electrons. The van der Waals surface area contributed by atoms with Gasteiger partial charge in [-0.15, -0.1) is 0 Å². The van der Waals surface area contributed by atoms with Crippen LogP contribution in [0.2, 0.25) is 0 Å². The highest BCUT2D eigenvalue weighted by molar-refractivity contribution is 5.68. The molecule has 0 unspecified atom stereocenters. The van der Waals surface area contributed by atoms with Crippen LogP contribution in [0.5, 0.6) is 0 Å². The second kappa shape index (κ2) is 4.42. The Morgan fingerprint density at radius 1 is 1.40 bits per heavy atom. The van der Waals surface area contributed by atoms with E-state index in [0.29, 0.717) is 0 Å². The molecule has 0 heterocycles. The molecule has 0 fully saturated rings. The molecule has 0 aromatic rings. The van der Waals surface area contributed by atoms with Gasteiger partial charge in [0.2, 0.25) is 0 Å². The fourth-order valence-corrected chi connectivity index (χ4v) is 0.152. The quantitative estimate of drug-likeness (QED) is 0.402. The Hall–Kier alpha value is -1.46. The molecular weight excluding hydrogens is 140 g/mol. The molecular formula is C4H6N2O4. The van der Waals surface area contributed by atoms with Gasteiger partial charge in [0.1, 0.15) is 0 Å². The predicted molar refractivity (Wildman–Crippen MR) is 29.0 cm³/mol. The number of nitrogens with zero attached hydrogens (tertiary/aromatic N) is 2. The molecule has 0 aromatic carbocycles. The molecule has 0 aromatic heterocycles. The van der Waals surface area contributed by atoms with Gasteiger partial charge < -0.3 is 9.57 Å². The number of carbonyl (C=O) groups excluding carboxylic acids is 2. The van der Waals surface area contributed by atoms with Gasteiger partial charge in [0.15, 0.2) is 0 Å². The minimum Gasteiger partial charge on any atom is -0.450 e. The molecule has 6 nitrogen and oxygen atoms in total. The molecule has 0 radical (unpaired) electrons. The topological polar surface area (TPSA) is 77.3 Å². The van der Waals surface area contributed by atoms with E-state index >= 15 is 0 Å². The third kappa shape index (κ3) is 4.69. The summed E-state index contributed by atoms with van der Waals surface area (Å²) in [5.41, 5.74) is 0. The number of ether oxygens (including phenoxy) is 1. The molecule has 6 heteroatoms. The summed E-state index contributed by atoms with van der Waals surface area (Å²) in [6, 6.07) is 0. The monoisotopic (exact) mass is 146 g/mol. The predicted octanol–water partition coefficient (Wildman–Crippen LogP) is 0.683. The third-order valence-electron chi connectivity index (χ3n) is 0.466. The molecule has 0 saturated carbocycles. The lowest BCUT2D eigenvalue weighted by Gasteiger charge is -1.86. The van der Waals surface area contributed by atoms with Crippen LogP contribution in [0.3, 0.4) is 0 Å². The molecule has 0 aliphatic rings. The van der Waals surface area contributed by atoms with E-state index in [1.807, 2.05) is 0 Å². The van der Waals surface area contributed by atoms with Crippen LogP contribution in [-0.2, 0) is 14.4 Å². The van der Waals surface area contributed by atoms with Crippen molar-refractivity contribution in [1.29, 1.82) is 0 Å². The summed E-state index contributed by atoms with van der Waals surface area (Å²) in [7, 11) is 1.13. The van der Waals surface area contributed by atoms with Gasteiger partial charge in [-0.05, 0) is 5.11 Å². The summed E-state index contributed by atoms with van der Waals surface area (Å²) in [6.07, 6.45) is -0.916. The lowest BCUT2D eigenvalue weighted by atomic mass is 10.8. The van der Waals surface area contributed by atoms with E-state index < -0.39 is 12.1 Å². The fourth-order valence-electron chi connectivity index (χ4n) is 0.152. The SMILES string of the molecule is COC(=O)N=NOC(C)=O. The van der Waals surface area contributed by atoms with Crippen LogP contribution < -0.4 is 0 Å². The smallest absolute Gasteiger partial charge is 0.450 e. The Morgan fingerprint density at radius 2 is 2.00 bits per heavy atom. The zero-order valence-electron chi connectivity index (χ0n) is 5.53. The molecule has 0 atom stereocenters. The standard InChI is InChI=1S/C4H6N2O4/c1-3(7)10-6-5-4(8)9-2/h1-2H3. The van der Waals surface area contributed by atoms with Crippen LogP contribution in [0.25, 0.3) is 0 Å². The van der Waals surface area contributed by atoms with Crippen molar-refractivity contribution in [1.82, 2.24) is 0 Å². The summed E-state index contributed by atoms with van der Waals surface area (Å²) in [5.74, 6) is -0.646. The first kappa shape index (κ1) is 8.54. The van der Waals surface area contributed by atoms with Crippen molar-refractivity contribution in [2.45, 2.75) is 6.92 Å². The van der Waals surface area contributed by atoms with Crippen molar-refractivity contribution in [3.63, 3.8) is 0 Å². The maximum atomic E-state index is 10.1. The lowest BCUT2D eigenvalue weighted by molar-refractivity contribution is -0.141. The molecule has 0 spiro atoms. The summed E-state index contributed by atoms with van der Waals surface area (Å²) in [4.78, 5) is 24.0. The van der Waals surface area contributed by atoms with Crippen molar-refractivity contribution in [3.05, 3.63) is 0 Å². The normalized spacial score (nSPS) is 9.40. The maximum absolute atomic E-state index is 10.1. The Labute approximate surface area is 56.8 Å². The van der Waals surface area contributed by atoms with Crippen LogP contribution in [0.1, 0.15) is 6.92 Å². The first-order valence-corrected chi connectivity index (χ1v) is 2.33. The summed E-state index contributed by atoms with van der Waals surface area (Å²) < 4.78 is 4.04. The van der Waals surface area contributed by atoms with Crippen LogP contribution >= 0.6 is 0 Å². The maximum Gasteiger partial charge on any atom is 0.454 e. The van der Waals surface area contributed by atoms with E-state index in [2.05, 4.69) is 20.0 Å². The Bertz CT molecular complexity index is 165. The van der Waals surface area contributed by atoms with Gasteiger partial charge in [0, 0.05) is 12.2 Å². The molecule has 0 saturated heterocycles. The van der Waals surface area contributed by atoms with Gasteiger partial charge in [-0.1, -0.05) is 0 Å². The Balaban J connectivity index is 3.56. The molecule has 0 rings (SSSR count). The molecule has 0 bridgehead atoms. The van der Waals surface area contributed by atoms with Crippen molar-refractivity contribution in [2.75, 3.05) is 7.11 Å². The van der Waals surface area contributed by atoms with E-state index in [1.165, 1.54) is 0 Å². The Morgan fingerprint density at radius 3 is 2.40 bits per heavy atom. The zero-order valence-corrected chi connectivity index (χ0v) is 5.53. The van der Waals surface area contributed by atoms with E-state index in [-0.39, 0.29) is 0 Å². The van der Waals surface area contributed by atoms with Gasteiger partial charge in [-0.25, -0.2) is 9.59 Å². The first-order valence-electron chi connectivity index (χ1n) is 2.33. The number of rotatable bonds is 1. The van der Waals surface area contributed by atoms with Crippen LogP contribution in [0, 0.1) is 0 Å². The van der Waals surface area contributed by atoms with Crippen LogP contribution in [0.15, 0.2) is 10.4 Å². The lowest BCUT2D eigenvalue weighted by Crippen LogP contribution is -1.93. The van der Waals surface area contributed by atoms with Crippen LogP contribution in [0.4, 0.5) is 4.79 Å². The minimum absolute atomic E-state index is 0.646. The summed E-state index contributed by atoms with van der Waals surface area (Å²) >= 11 is 0. The third-order valence-corrected chi connectivity index (χ3v) is 0.466. The second-order valence-electron chi connectivity index (χ2n) is 1.23. The van der Waals surface area contributed by atoms with Crippen molar-refractivity contribution < 1.29 is 19.2 Å². The van der Waals surface area contributed by atoms with E-state index in [1.54, 1.807) is 0 Å². The average molecular weight is 146 g/mol. The van der Waals surface area contributed by atoms with E-state index in [4.69, 9.17) is 0 Å². The van der Waals surface area contributed by atoms with Crippen molar-refractivity contribution in [3.8, 4) is 0 Å². The molecule has 1 amide bonds. The highest BCUT2D eigenvalue weighted by atomic mass is 16.7. The summed E-state index contributed by atoms with van der Waals surface area (Å²) in [6.45, 7) is 1.14. The minimum atomic E-state index is -0.916. The summed E-state index contributed by atoms with van der Waals surface area (Å²) in [5, 5.41) is 5.55. The number of hydrogen-bond acceptors (Lipinski definition) is 5. The van der Waals surface area contributed by atoms with Crippen LogP contribution in [-0.4, -0.2) is 19.2 Å². The van der Waals surface area contributed by atoms with E-state index in [9.17, 15) is 9.59 Å². The average Bonchev–Trinajstić information content (AvgIpc) is 1.87. The molecule has 10 heavy (non-hydrogen) atoms. The first-order chi connectivity index (χ1) is 4.66. The molecule has 0 N–H and O–H groups in total. The van der Waals surface area contributed by atoms with Gasteiger partial charge in [0.25, 0.3) is 0 Å². The number of amides is 1. The Kier molecular flexibility index (Phi) is 3.78. The van der Waals surface area contributed by atoms with Crippen molar-refractivity contribution in [2.24, 2.45) is 10.4 Å². The molecule has 0 aliphatic carbocycles. The van der Waals surface area contributed by atoms with Gasteiger partial charge >= 0.3 is 12.1 Å². The second-order valence-corrected chi connectivity index (χ2v) is 1.23. The number of carbonyl (C=O) groups is 2. The number of hydrogen-bond donors (Lipinski definition) is 0. The van der Waals surface area contributed by atoms with E-state index in [0.717, 1.165) is 14.0 Å².